The van der Waals surface area contributed by atoms with Gasteiger partial charge in [-0.25, -0.2) is 4.98 Å². The molecule has 0 aromatic carbocycles. The zero-order valence-electron chi connectivity index (χ0n) is 16.9. The Morgan fingerprint density at radius 2 is 1.93 bits per heavy atom. The van der Waals surface area contributed by atoms with Gasteiger partial charge in [-0.05, 0) is 51.5 Å². The van der Waals surface area contributed by atoms with Crippen LogP contribution in [0.3, 0.4) is 0 Å². The van der Waals surface area contributed by atoms with Crippen molar-refractivity contribution < 1.29 is 4.79 Å². The van der Waals surface area contributed by atoms with E-state index in [0.717, 1.165) is 42.3 Å². The lowest BCUT2D eigenvalue weighted by atomic mass is 10.1. The summed E-state index contributed by atoms with van der Waals surface area (Å²) < 4.78 is 1.61. The zero-order chi connectivity index (χ0) is 19.7. The third kappa shape index (κ3) is 3.81. The Balaban J connectivity index is 1.83. The SMILES string of the molecule is CC[C@H](C)N(C(=O)CSc1nc2sc3c(c2c(=O)n1C)CCC3)[C@@H](C)CC. The Bertz CT molecular complexity index is 893. The monoisotopic (exact) mass is 407 g/mol. The van der Waals surface area contributed by atoms with Crippen molar-refractivity contribution in [1.29, 1.82) is 0 Å². The van der Waals surface area contributed by atoms with Gasteiger partial charge in [-0.15, -0.1) is 11.3 Å². The number of carbonyl (C=O) groups excluding carboxylic acids is 1. The van der Waals surface area contributed by atoms with E-state index in [-0.39, 0.29) is 23.6 Å². The molecule has 2 aromatic heterocycles. The first-order valence-electron chi connectivity index (χ1n) is 9.84. The highest BCUT2D eigenvalue weighted by Crippen LogP contribution is 2.35. The maximum Gasteiger partial charge on any atom is 0.262 e. The first-order chi connectivity index (χ1) is 12.9. The van der Waals surface area contributed by atoms with Crippen LogP contribution in [0.2, 0.25) is 0 Å². The summed E-state index contributed by atoms with van der Waals surface area (Å²) in [5.74, 6) is 0.428. The van der Waals surface area contributed by atoms with Crippen LogP contribution in [0.15, 0.2) is 9.95 Å². The third-order valence-corrected chi connectivity index (χ3v) is 7.85. The van der Waals surface area contributed by atoms with Gasteiger partial charge in [0.2, 0.25) is 5.91 Å². The van der Waals surface area contributed by atoms with Crippen molar-refractivity contribution in [3.05, 3.63) is 20.8 Å². The fourth-order valence-corrected chi connectivity index (χ4v) is 5.90. The molecule has 3 rings (SSSR count). The molecule has 27 heavy (non-hydrogen) atoms. The number of thioether (sulfide) groups is 1. The molecule has 0 saturated heterocycles. The van der Waals surface area contributed by atoms with E-state index in [2.05, 4.69) is 27.7 Å². The predicted molar refractivity (Wildman–Crippen MR) is 114 cm³/mol. The van der Waals surface area contributed by atoms with Gasteiger partial charge < -0.3 is 4.90 Å². The average Bonchev–Trinajstić information content (AvgIpc) is 3.23. The number of hydrogen-bond donors (Lipinski definition) is 0. The van der Waals surface area contributed by atoms with Crippen molar-refractivity contribution in [1.82, 2.24) is 14.5 Å². The van der Waals surface area contributed by atoms with Crippen LogP contribution in [0, 0.1) is 0 Å². The summed E-state index contributed by atoms with van der Waals surface area (Å²) >= 11 is 3.02. The van der Waals surface area contributed by atoms with Crippen molar-refractivity contribution in [2.24, 2.45) is 7.05 Å². The van der Waals surface area contributed by atoms with Gasteiger partial charge in [0, 0.05) is 24.0 Å². The predicted octanol–water partition coefficient (Wildman–Crippen LogP) is 4.00. The van der Waals surface area contributed by atoms with Gasteiger partial charge in [0.25, 0.3) is 5.56 Å². The smallest absolute Gasteiger partial charge is 0.262 e. The van der Waals surface area contributed by atoms with Crippen LogP contribution >= 0.6 is 23.1 Å². The van der Waals surface area contributed by atoms with Crippen molar-refractivity contribution in [2.75, 3.05) is 5.75 Å². The van der Waals surface area contributed by atoms with E-state index in [1.54, 1.807) is 23.0 Å². The van der Waals surface area contributed by atoms with Gasteiger partial charge in [0.05, 0.1) is 11.1 Å². The Morgan fingerprint density at radius 1 is 1.26 bits per heavy atom. The quantitative estimate of drug-likeness (QED) is 0.514. The summed E-state index contributed by atoms with van der Waals surface area (Å²) in [6, 6.07) is 0.431. The van der Waals surface area contributed by atoms with Gasteiger partial charge in [0.1, 0.15) is 4.83 Å². The number of nitrogens with zero attached hydrogens (tertiary/aromatic N) is 3. The van der Waals surface area contributed by atoms with Gasteiger partial charge >= 0.3 is 0 Å². The van der Waals surface area contributed by atoms with Crippen molar-refractivity contribution in [2.45, 2.75) is 77.0 Å². The molecule has 1 amide bonds. The van der Waals surface area contributed by atoms with E-state index in [4.69, 9.17) is 4.98 Å². The minimum Gasteiger partial charge on any atom is -0.337 e. The van der Waals surface area contributed by atoms with E-state index in [9.17, 15) is 9.59 Å². The summed E-state index contributed by atoms with van der Waals surface area (Å²) in [5, 5.41) is 1.43. The minimum absolute atomic E-state index is 0.0232. The largest absolute Gasteiger partial charge is 0.337 e. The third-order valence-electron chi connectivity index (χ3n) is 5.65. The highest BCUT2D eigenvalue weighted by Gasteiger charge is 2.25. The molecule has 0 bridgehead atoms. The van der Waals surface area contributed by atoms with Gasteiger partial charge in [0.15, 0.2) is 5.16 Å². The Kier molecular flexibility index (Phi) is 6.31. The van der Waals surface area contributed by atoms with Gasteiger partial charge in [-0.1, -0.05) is 25.6 Å². The van der Waals surface area contributed by atoms with Gasteiger partial charge in [-0.2, -0.15) is 0 Å². The zero-order valence-corrected chi connectivity index (χ0v) is 18.5. The second-order valence-corrected chi connectivity index (χ2v) is 9.43. The molecule has 0 N–H and O–H groups in total. The number of fused-ring (bicyclic) bond motifs is 3. The Hall–Kier alpha value is -1.34. The minimum atomic E-state index is 0.0232. The molecular weight excluding hydrogens is 378 g/mol. The molecule has 5 nitrogen and oxygen atoms in total. The fraction of sp³-hybridized carbons (Fsp3) is 0.650. The van der Waals surface area contributed by atoms with Crippen LogP contribution in [0.25, 0.3) is 10.2 Å². The molecule has 2 atom stereocenters. The van der Waals surface area contributed by atoms with Crippen LogP contribution in [-0.2, 0) is 24.7 Å². The maximum absolute atomic E-state index is 12.9. The lowest BCUT2D eigenvalue weighted by Gasteiger charge is -2.34. The normalized spacial score (nSPS) is 15.7. The van der Waals surface area contributed by atoms with Crippen LogP contribution in [0.1, 0.15) is 57.4 Å². The summed E-state index contributed by atoms with van der Waals surface area (Å²) in [6.07, 6.45) is 5.04. The molecule has 2 aromatic rings. The Labute approximate surface area is 169 Å². The van der Waals surface area contributed by atoms with E-state index >= 15 is 0 Å². The summed E-state index contributed by atoms with van der Waals surface area (Å²) in [6.45, 7) is 8.41. The molecule has 0 radical (unpaired) electrons. The maximum atomic E-state index is 12.9. The average molecular weight is 408 g/mol. The molecule has 7 heteroatoms. The van der Waals surface area contributed by atoms with E-state index in [1.165, 1.54) is 22.2 Å². The van der Waals surface area contributed by atoms with Gasteiger partial charge in [-0.3, -0.25) is 14.2 Å². The number of thiophene rings is 1. The molecular formula is C20H29N3O2S2. The van der Waals surface area contributed by atoms with E-state index in [0.29, 0.717) is 10.9 Å². The van der Waals surface area contributed by atoms with Crippen molar-refractivity contribution in [3.63, 3.8) is 0 Å². The van der Waals surface area contributed by atoms with Crippen molar-refractivity contribution >= 4 is 39.2 Å². The molecule has 0 spiro atoms. The lowest BCUT2D eigenvalue weighted by molar-refractivity contribution is -0.132. The standard InChI is InChI=1S/C20H29N3O2S2/c1-6-12(3)23(13(4)7-2)16(24)11-26-20-21-18-17(19(25)22(20)5)14-9-8-10-15(14)27-18/h12-13H,6-11H2,1-5H3/t12-,13-/m0/s1. The number of hydrogen-bond acceptors (Lipinski definition) is 5. The number of aryl methyl sites for hydroxylation is 2. The number of aromatic nitrogens is 2. The molecule has 148 valence electrons. The van der Waals surface area contributed by atoms with Crippen LogP contribution in [0.5, 0.6) is 0 Å². The Morgan fingerprint density at radius 3 is 2.56 bits per heavy atom. The number of rotatable bonds is 7. The van der Waals surface area contributed by atoms with Crippen LogP contribution in [0.4, 0.5) is 0 Å². The second kappa shape index (κ2) is 8.35. The van der Waals surface area contributed by atoms with Crippen LogP contribution < -0.4 is 5.56 Å². The number of amides is 1. The highest BCUT2D eigenvalue weighted by atomic mass is 32.2. The molecule has 0 aliphatic heterocycles. The molecule has 2 heterocycles. The van der Waals surface area contributed by atoms with Crippen LogP contribution in [-0.4, -0.2) is 38.2 Å². The van der Waals surface area contributed by atoms with Crippen molar-refractivity contribution in [3.8, 4) is 0 Å². The molecule has 1 aliphatic rings. The summed E-state index contributed by atoms with van der Waals surface area (Å²) in [5.41, 5.74) is 1.23. The number of carbonyl (C=O) groups is 1. The molecule has 0 fully saturated rings. The van der Waals surface area contributed by atoms with E-state index < -0.39 is 0 Å². The summed E-state index contributed by atoms with van der Waals surface area (Å²) in [4.78, 5) is 34.6. The summed E-state index contributed by atoms with van der Waals surface area (Å²) in [7, 11) is 1.77. The second-order valence-electron chi connectivity index (χ2n) is 7.40. The fourth-order valence-electron chi connectivity index (χ4n) is 3.75. The molecule has 0 unspecified atom stereocenters. The lowest BCUT2D eigenvalue weighted by Crippen LogP contribution is -2.45. The first kappa shape index (κ1) is 20.4. The van der Waals surface area contributed by atoms with E-state index in [1.807, 2.05) is 4.90 Å². The highest BCUT2D eigenvalue weighted by molar-refractivity contribution is 7.99. The first-order valence-corrected chi connectivity index (χ1v) is 11.6. The molecule has 1 aliphatic carbocycles. The topological polar surface area (TPSA) is 55.2 Å². The molecule has 0 saturated carbocycles.